The second-order valence-corrected chi connectivity index (χ2v) is 5.78. The Morgan fingerprint density at radius 1 is 1.35 bits per heavy atom. The van der Waals surface area contributed by atoms with Crippen molar-refractivity contribution < 1.29 is 14.4 Å². The lowest BCUT2D eigenvalue weighted by Gasteiger charge is -2.42. The molecule has 0 radical (unpaired) electrons. The molecular formula is C12H18N2O3. The van der Waals surface area contributed by atoms with E-state index in [9.17, 15) is 14.4 Å². The van der Waals surface area contributed by atoms with E-state index in [1.165, 1.54) is 0 Å². The Bertz CT molecular complexity index is 368. The Balaban J connectivity index is 1.83. The van der Waals surface area contributed by atoms with E-state index < -0.39 is 6.04 Å². The van der Waals surface area contributed by atoms with E-state index in [2.05, 4.69) is 24.5 Å². The van der Waals surface area contributed by atoms with Crippen LogP contribution in [0.25, 0.3) is 0 Å². The average Bonchev–Trinajstić information content (AvgIpc) is 2.18. The molecule has 1 unspecified atom stereocenters. The van der Waals surface area contributed by atoms with Gasteiger partial charge in [-0.05, 0) is 24.7 Å². The Morgan fingerprint density at radius 3 is 2.53 bits per heavy atom. The summed E-state index contributed by atoms with van der Waals surface area (Å²) < 4.78 is 0. The normalized spacial score (nSPS) is 28.2. The molecule has 5 nitrogen and oxygen atoms in total. The van der Waals surface area contributed by atoms with Crippen LogP contribution in [0.1, 0.15) is 39.5 Å². The summed E-state index contributed by atoms with van der Waals surface area (Å²) >= 11 is 0. The lowest BCUT2D eigenvalue weighted by Crippen LogP contribution is -2.55. The standard InChI is InChI=1S/C12H18N2O3/c1-12(2)5-7(6-12)10(16)13-8-3-4-9(15)14-11(8)17/h7-8H,3-6H2,1-2H3,(H,13,16)(H,14,15,17). The molecule has 1 aliphatic carbocycles. The number of imide groups is 1. The Labute approximate surface area is 100 Å². The van der Waals surface area contributed by atoms with Crippen LogP contribution >= 0.6 is 0 Å². The average molecular weight is 238 g/mol. The van der Waals surface area contributed by atoms with Crippen LogP contribution < -0.4 is 10.6 Å². The summed E-state index contributed by atoms with van der Waals surface area (Å²) in [6.07, 6.45) is 2.44. The van der Waals surface area contributed by atoms with Crippen molar-refractivity contribution in [2.24, 2.45) is 11.3 Å². The molecule has 2 fully saturated rings. The topological polar surface area (TPSA) is 75.3 Å². The second-order valence-electron chi connectivity index (χ2n) is 5.78. The zero-order valence-corrected chi connectivity index (χ0v) is 10.2. The quantitative estimate of drug-likeness (QED) is 0.681. The lowest BCUT2D eigenvalue weighted by molar-refractivity contribution is -0.140. The van der Waals surface area contributed by atoms with Crippen molar-refractivity contribution in [2.45, 2.75) is 45.6 Å². The van der Waals surface area contributed by atoms with Gasteiger partial charge < -0.3 is 5.32 Å². The summed E-state index contributed by atoms with van der Waals surface area (Å²) in [5.41, 5.74) is 0.243. The van der Waals surface area contributed by atoms with E-state index in [-0.39, 0.29) is 29.1 Å². The molecule has 2 rings (SSSR count). The molecule has 1 aliphatic heterocycles. The first-order valence-corrected chi connectivity index (χ1v) is 6.01. The predicted octanol–water partition coefficient (Wildman–Crippen LogP) is 0.344. The number of hydrogen-bond donors (Lipinski definition) is 2. The third kappa shape index (κ3) is 2.65. The van der Waals surface area contributed by atoms with Crippen molar-refractivity contribution in [1.29, 1.82) is 0 Å². The van der Waals surface area contributed by atoms with Gasteiger partial charge in [-0.3, -0.25) is 19.7 Å². The van der Waals surface area contributed by atoms with Crippen molar-refractivity contribution in [2.75, 3.05) is 0 Å². The molecule has 5 heteroatoms. The third-order valence-corrected chi connectivity index (χ3v) is 3.52. The van der Waals surface area contributed by atoms with Gasteiger partial charge in [0, 0.05) is 12.3 Å². The molecule has 17 heavy (non-hydrogen) atoms. The molecule has 0 aromatic rings. The van der Waals surface area contributed by atoms with Gasteiger partial charge in [-0.2, -0.15) is 0 Å². The van der Waals surface area contributed by atoms with Crippen molar-refractivity contribution in [3.8, 4) is 0 Å². The van der Waals surface area contributed by atoms with Gasteiger partial charge in [0.25, 0.3) is 0 Å². The third-order valence-electron chi connectivity index (χ3n) is 3.52. The number of piperidine rings is 1. The number of rotatable bonds is 2. The van der Waals surface area contributed by atoms with E-state index in [4.69, 9.17) is 0 Å². The highest BCUT2D eigenvalue weighted by Gasteiger charge is 2.41. The van der Waals surface area contributed by atoms with Crippen molar-refractivity contribution in [3.05, 3.63) is 0 Å². The van der Waals surface area contributed by atoms with Gasteiger partial charge in [-0.25, -0.2) is 0 Å². The van der Waals surface area contributed by atoms with Gasteiger partial charge >= 0.3 is 0 Å². The lowest BCUT2D eigenvalue weighted by atomic mass is 9.64. The first-order chi connectivity index (χ1) is 7.87. The fourth-order valence-corrected chi connectivity index (χ4v) is 2.58. The summed E-state index contributed by atoms with van der Waals surface area (Å²) in [5, 5.41) is 4.96. The highest BCUT2D eigenvalue weighted by atomic mass is 16.2. The van der Waals surface area contributed by atoms with Crippen molar-refractivity contribution in [3.63, 3.8) is 0 Å². The van der Waals surface area contributed by atoms with Crippen molar-refractivity contribution >= 4 is 17.7 Å². The molecule has 1 atom stereocenters. The molecule has 1 heterocycles. The van der Waals surface area contributed by atoms with Gasteiger partial charge in [-0.1, -0.05) is 13.8 Å². The second kappa shape index (κ2) is 4.13. The fraction of sp³-hybridized carbons (Fsp3) is 0.750. The first kappa shape index (κ1) is 12.1. The number of carbonyl (C=O) groups excluding carboxylic acids is 3. The summed E-state index contributed by atoms with van der Waals surface area (Å²) in [6, 6.07) is -0.538. The molecule has 94 valence electrons. The number of carbonyl (C=O) groups is 3. The Hall–Kier alpha value is -1.39. The van der Waals surface area contributed by atoms with Crippen LogP contribution in [0, 0.1) is 11.3 Å². The monoisotopic (exact) mass is 238 g/mol. The van der Waals surface area contributed by atoms with E-state index in [1.807, 2.05) is 0 Å². The van der Waals surface area contributed by atoms with E-state index in [0.29, 0.717) is 12.8 Å². The van der Waals surface area contributed by atoms with Gasteiger partial charge in [0.2, 0.25) is 17.7 Å². The molecule has 3 amide bonds. The first-order valence-electron chi connectivity index (χ1n) is 6.01. The molecule has 2 aliphatic rings. The fourth-order valence-electron chi connectivity index (χ4n) is 2.58. The van der Waals surface area contributed by atoms with E-state index in [1.54, 1.807) is 0 Å². The molecule has 0 bridgehead atoms. The van der Waals surface area contributed by atoms with Gasteiger partial charge in [0.15, 0.2) is 0 Å². The molecule has 0 spiro atoms. The highest BCUT2D eigenvalue weighted by molar-refractivity contribution is 6.01. The van der Waals surface area contributed by atoms with E-state index in [0.717, 1.165) is 12.8 Å². The number of nitrogens with one attached hydrogen (secondary N) is 2. The molecule has 0 aromatic carbocycles. The minimum Gasteiger partial charge on any atom is -0.344 e. The summed E-state index contributed by atoms with van der Waals surface area (Å²) in [7, 11) is 0. The smallest absolute Gasteiger partial charge is 0.249 e. The Kier molecular flexibility index (Phi) is 2.93. The largest absolute Gasteiger partial charge is 0.344 e. The summed E-state index contributed by atoms with van der Waals surface area (Å²) in [6.45, 7) is 4.26. The molecule has 2 N–H and O–H groups in total. The van der Waals surface area contributed by atoms with Crippen LogP contribution in [0.3, 0.4) is 0 Å². The van der Waals surface area contributed by atoms with Crippen LogP contribution in [0.2, 0.25) is 0 Å². The maximum Gasteiger partial charge on any atom is 0.249 e. The maximum absolute atomic E-state index is 11.8. The SMILES string of the molecule is CC1(C)CC(C(=O)NC2CCC(=O)NC2=O)C1. The molecule has 1 saturated heterocycles. The van der Waals surface area contributed by atoms with Crippen molar-refractivity contribution in [1.82, 2.24) is 10.6 Å². The zero-order chi connectivity index (χ0) is 12.6. The van der Waals surface area contributed by atoms with Gasteiger partial charge in [0.1, 0.15) is 6.04 Å². The predicted molar refractivity (Wildman–Crippen MR) is 60.8 cm³/mol. The highest BCUT2D eigenvalue weighted by Crippen LogP contribution is 2.44. The van der Waals surface area contributed by atoms with Crippen LogP contribution in [-0.2, 0) is 14.4 Å². The van der Waals surface area contributed by atoms with Gasteiger partial charge in [0.05, 0.1) is 0 Å². The number of hydrogen-bond acceptors (Lipinski definition) is 3. The summed E-state index contributed by atoms with van der Waals surface area (Å²) in [5.74, 6) is -0.673. The number of amides is 3. The van der Waals surface area contributed by atoms with Gasteiger partial charge in [-0.15, -0.1) is 0 Å². The maximum atomic E-state index is 11.8. The van der Waals surface area contributed by atoms with Crippen LogP contribution in [0.4, 0.5) is 0 Å². The zero-order valence-electron chi connectivity index (χ0n) is 10.2. The van der Waals surface area contributed by atoms with Crippen LogP contribution in [0.15, 0.2) is 0 Å². The molecular weight excluding hydrogens is 220 g/mol. The Morgan fingerprint density at radius 2 is 2.00 bits per heavy atom. The van der Waals surface area contributed by atoms with E-state index >= 15 is 0 Å². The molecule has 1 saturated carbocycles. The van der Waals surface area contributed by atoms with Crippen LogP contribution in [0.5, 0.6) is 0 Å². The minimum absolute atomic E-state index is 0.0235. The van der Waals surface area contributed by atoms with Crippen LogP contribution in [-0.4, -0.2) is 23.8 Å². The molecule has 0 aromatic heterocycles. The minimum atomic E-state index is -0.538. The summed E-state index contributed by atoms with van der Waals surface area (Å²) in [4.78, 5) is 34.2.